The number of nitriles is 1. The zero-order chi connectivity index (χ0) is 12.4. The predicted molar refractivity (Wildman–Crippen MR) is 67.8 cm³/mol. The van der Waals surface area contributed by atoms with Crippen LogP contribution in [0, 0.1) is 11.3 Å². The molecule has 0 radical (unpaired) electrons. The molecule has 0 saturated carbocycles. The molecule has 4 nitrogen and oxygen atoms in total. The van der Waals surface area contributed by atoms with Crippen molar-refractivity contribution in [1.29, 1.82) is 5.26 Å². The SMILES string of the molecule is C[C@H]1CN(c2cccc(N)c2C#N)C[C@H](C)O1. The smallest absolute Gasteiger partial charge is 0.104 e. The summed E-state index contributed by atoms with van der Waals surface area (Å²) in [6, 6.07) is 7.77. The lowest BCUT2D eigenvalue weighted by Gasteiger charge is -2.37. The van der Waals surface area contributed by atoms with Gasteiger partial charge in [-0.2, -0.15) is 5.26 Å². The highest BCUT2D eigenvalue weighted by molar-refractivity contribution is 5.70. The van der Waals surface area contributed by atoms with Crippen LogP contribution in [-0.4, -0.2) is 25.3 Å². The van der Waals surface area contributed by atoms with E-state index in [9.17, 15) is 5.26 Å². The van der Waals surface area contributed by atoms with Crippen molar-refractivity contribution in [3.63, 3.8) is 0 Å². The summed E-state index contributed by atoms with van der Waals surface area (Å²) in [5, 5.41) is 9.17. The fourth-order valence-electron chi connectivity index (χ4n) is 2.32. The molecule has 1 aliphatic heterocycles. The Balaban J connectivity index is 2.34. The highest BCUT2D eigenvalue weighted by atomic mass is 16.5. The van der Waals surface area contributed by atoms with Crippen LogP contribution in [0.2, 0.25) is 0 Å². The maximum atomic E-state index is 9.17. The van der Waals surface area contributed by atoms with Crippen molar-refractivity contribution in [3.05, 3.63) is 23.8 Å². The number of nitrogen functional groups attached to an aromatic ring is 1. The summed E-state index contributed by atoms with van der Waals surface area (Å²) in [5.74, 6) is 0. The first kappa shape index (κ1) is 11.7. The third-order valence-electron chi connectivity index (χ3n) is 2.95. The second-order valence-corrected chi connectivity index (χ2v) is 4.52. The Morgan fingerprint density at radius 1 is 1.35 bits per heavy atom. The lowest BCUT2D eigenvalue weighted by Crippen LogP contribution is -2.45. The zero-order valence-corrected chi connectivity index (χ0v) is 10.2. The lowest BCUT2D eigenvalue weighted by atomic mass is 10.1. The number of hydrogen-bond acceptors (Lipinski definition) is 4. The van der Waals surface area contributed by atoms with Crippen molar-refractivity contribution in [2.75, 3.05) is 23.7 Å². The molecule has 1 saturated heterocycles. The van der Waals surface area contributed by atoms with E-state index in [0.29, 0.717) is 11.3 Å². The minimum atomic E-state index is 0.173. The first-order valence-corrected chi connectivity index (χ1v) is 5.80. The van der Waals surface area contributed by atoms with Crippen molar-refractivity contribution in [3.8, 4) is 6.07 Å². The van der Waals surface area contributed by atoms with E-state index in [1.165, 1.54) is 0 Å². The van der Waals surface area contributed by atoms with E-state index in [1.807, 2.05) is 26.0 Å². The van der Waals surface area contributed by atoms with E-state index < -0.39 is 0 Å². The molecule has 0 amide bonds. The summed E-state index contributed by atoms with van der Waals surface area (Å²) >= 11 is 0. The number of nitrogens with zero attached hydrogens (tertiary/aromatic N) is 2. The summed E-state index contributed by atoms with van der Waals surface area (Å²) < 4.78 is 5.69. The third-order valence-corrected chi connectivity index (χ3v) is 2.95. The van der Waals surface area contributed by atoms with Gasteiger partial charge < -0.3 is 15.4 Å². The van der Waals surface area contributed by atoms with E-state index in [0.717, 1.165) is 18.8 Å². The molecule has 1 aliphatic rings. The van der Waals surface area contributed by atoms with Crippen molar-refractivity contribution in [2.24, 2.45) is 0 Å². The number of nitrogens with two attached hydrogens (primary N) is 1. The van der Waals surface area contributed by atoms with Crippen LogP contribution >= 0.6 is 0 Å². The summed E-state index contributed by atoms with van der Waals surface area (Å²) in [4.78, 5) is 2.17. The predicted octanol–water partition coefficient (Wildman–Crippen LogP) is 1.75. The van der Waals surface area contributed by atoms with Gasteiger partial charge in [-0.3, -0.25) is 0 Å². The van der Waals surface area contributed by atoms with Gasteiger partial charge in [-0.1, -0.05) is 6.07 Å². The molecular weight excluding hydrogens is 214 g/mol. The topological polar surface area (TPSA) is 62.3 Å². The van der Waals surface area contributed by atoms with Crippen molar-refractivity contribution >= 4 is 11.4 Å². The summed E-state index contributed by atoms with van der Waals surface area (Å²) in [5.41, 5.74) is 7.84. The zero-order valence-electron chi connectivity index (χ0n) is 10.2. The Morgan fingerprint density at radius 2 is 2.00 bits per heavy atom. The molecule has 90 valence electrons. The molecule has 0 unspecified atom stereocenters. The number of anilines is 2. The Bertz CT molecular complexity index is 442. The van der Waals surface area contributed by atoms with Crippen LogP contribution < -0.4 is 10.6 Å². The molecular formula is C13H17N3O. The monoisotopic (exact) mass is 231 g/mol. The minimum absolute atomic E-state index is 0.173. The van der Waals surface area contributed by atoms with Gasteiger partial charge in [-0.05, 0) is 26.0 Å². The largest absolute Gasteiger partial charge is 0.398 e. The number of morpholine rings is 1. The van der Waals surface area contributed by atoms with Crippen LogP contribution in [0.5, 0.6) is 0 Å². The molecule has 2 atom stereocenters. The maximum Gasteiger partial charge on any atom is 0.104 e. The summed E-state index contributed by atoms with van der Waals surface area (Å²) in [6.07, 6.45) is 0.346. The number of ether oxygens (including phenoxy) is 1. The molecule has 1 aromatic carbocycles. The van der Waals surface area contributed by atoms with E-state index in [1.54, 1.807) is 6.07 Å². The van der Waals surface area contributed by atoms with Gasteiger partial charge in [0.25, 0.3) is 0 Å². The van der Waals surface area contributed by atoms with Crippen molar-refractivity contribution < 1.29 is 4.74 Å². The van der Waals surface area contributed by atoms with E-state index in [4.69, 9.17) is 10.5 Å². The van der Waals surface area contributed by atoms with Crippen LogP contribution in [0.1, 0.15) is 19.4 Å². The number of hydrogen-bond donors (Lipinski definition) is 1. The van der Waals surface area contributed by atoms with Gasteiger partial charge in [0.2, 0.25) is 0 Å². The van der Waals surface area contributed by atoms with Gasteiger partial charge in [-0.25, -0.2) is 0 Å². The van der Waals surface area contributed by atoms with Gasteiger partial charge >= 0.3 is 0 Å². The average Bonchev–Trinajstić information content (AvgIpc) is 2.27. The normalized spacial score (nSPS) is 24.4. The van der Waals surface area contributed by atoms with Crippen LogP contribution in [0.4, 0.5) is 11.4 Å². The Kier molecular flexibility index (Phi) is 3.21. The molecule has 1 heterocycles. The highest BCUT2D eigenvalue weighted by Gasteiger charge is 2.24. The molecule has 0 bridgehead atoms. The molecule has 17 heavy (non-hydrogen) atoms. The van der Waals surface area contributed by atoms with Crippen LogP contribution in [-0.2, 0) is 4.74 Å². The summed E-state index contributed by atoms with van der Waals surface area (Å²) in [7, 11) is 0. The van der Waals surface area contributed by atoms with Gasteiger partial charge in [0, 0.05) is 13.1 Å². The Hall–Kier alpha value is -1.73. The second-order valence-electron chi connectivity index (χ2n) is 4.52. The quantitative estimate of drug-likeness (QED) is 0.748. The van der Waals surface area contributed by atoms with Gasteiger partial charge in [0.1, 0.15) is 6.07 Å². The summed E-state index contributed by atoms with van der Waals surface area (Å²) in [6.45, 7) is 5.67. The van der Waals surface area contributed by atoms with Crippen molar-refractivity contribution in [1.82, 2.24) is 0 Å². The minimum Gasteiger partial charge on any atom is -0.398 e. The van der Waals surface area contributed by atoms with Crippen LogP contribution in [0.15, 0.2) is 18.2 Å². The number of benzene rings is 1. The standard InChI is InChI=1S/C13H17N3O/c1-9-7-16(8-10(2)17-9)13-5-3-4-12(15)11(13)6-14/h3-5,9-10H,7-8,15H2,1-2H3/t9-,10-/m0/s1. The first-order chi connectivity index (χ1) is 8.11. The Morgan fingerprint density at radius 3 is 2.59 bits per heavy atom. The van der Waals surface area contributed by atoms with Gasteiger partial charge in [-0.15, -0.1) is 0 Å². The molecule has 1 fully saturated rings. The van der Waals surface area contributed by atoms with E-state index in [-0.39, 0.29) is 12.2 Å². The molecule has 0 aliphatic carbocycles. The lowest BCUT2D eigenvalue weighted by molar-refractivity contribution is -0.00522. The van der Waals surface area contributed by atoms with Crippen LogP contribution in [0.25, 0.3) is 0 Å². The number of rotatable bonds is 1. The molecule has 2 rings (SSSR count). The first-order valence-electron chi connectivity index (χ1n) is 5.80. The van der Waals surface area contributed by atoms with E-state index >= 15 is 0 Å². The van der Waals surface area contributed by atoms with Crippen molar-refractivity contribution in [2.45, 2.75) is 26.1 Å². The molecule has 2 N–H and O–H groups in total. The fraction of sp³-hybridized carbons (Fsp3) is 0.462. The molecule has 4 heteroatoms. The third kappa shape index (κ3) is 2.34. The van der Waals surface area contributed by atoms with Crippen LogP contribution in [0.3, 0.4) is 0 Å². The second kappa shape index (κ2) is 4.64. The average molecular weight is 231 g/mol. The molecule has 0 aromatic heterocycles. The van der Waals surface area contributed by atoms with Gasteiger partial charge in [0.15, 0.2) is 0 Å². The molecule has 1 aromatic rings. The van der Waals surface area contributed by atoms with Gasteiger partial charge in [0.05, 0.1) is 29.1 Å². The maximum absolute atomic E-state index is 9.17. The fourth-order valence-corrected chi connectivity index (χ4v) is 2.32. The highest BCUT2D eigenvalue weighted by Crippen LogP contribution is 2.27. The Labute approximate surface area is 102 Å². The van der Waals surface area contributed by atoms with E-state index in [2.05, 4.69) is 11.0 Å². The molecule has 0 spiro atoms.